The van der Waals surface area contributed by atoms with Gasteiger partial charge in [0.2, 0.25) is 0 Å². The lowest BCUT2D eigenvalue weighted by Gasteiger charge is -2.02. The van der Waals surface area contributed by atoms with E-state index in [0.717, 1.165) is 13.1 Å². The van der Waals surface area contributed by atoms with Crippen molar-refractivity contribution in [2.75, 3.05) is 13.2 Å². The molecule has 0 aromatic heterocycles. The highest BCUT2D eigenvalue weighted by molar-refractivity contribution is 5.14. The summed E-state index contributed by atoms with van der Waals surface area (Å²) in [6.07, 6.45) is 0.715. The van der Waals surface area contributed by atoms with Crippen molar-refractivity contribution in [2.24, 2.45) is 0 Å². The summed E-state index contributed by atoms with van der Waals surface area (Å²) in [5.74, 6) is 0. The molecule has 0 heterocycles. The summed E-state index contributed by atoms with van der Waals surface area (Å²) < 4.78 is 0. The predicted octanol–water partition coefficient (Wildman–Crippen LogP) is 1.60. The van der Waals surface area contributed by atoms with Gasteiger partial charge in [0.05, 0.1) is 6.61 Å². The molecule has 0 saturated heterocycles. The lowest BCUT2D eigenvalue weighted by Crippen LogP contribution is -2.15. The quantitative estimate of drug-likeness (QED) is 0.658. The first-order valence-electron chi connectivity index (χ1n) is 4.26. The van der Waals surface area contributed by atoms with Crippen LogP contribution in [0.4, 0.5) is 0 Å². The summed E-state index contributed by atoms with van der Waals surface area (Å²) >= 11 is 0. The minimum absolute atomic E-state index is 0.0157. The van der Waals surface area contributed by atoms with Gasteiger partial charge in [0.15, 0.2) is 0 Å². The van der Waals surface area contributed by atoms with Crippen molar-refractivity contribution in [1.29, 1.82) is 0 Å². The molecular formula is C10H14NO. The van der Waals surface area contributed by atoms with Crippen LogP contribution in [0.15, 0.2) is 30.3 Å². The van der Waals surface area contributed by atoms with Gasteiger partial charge in [0.1, 0.15) is 0 Å². The van der Waals surface area contributed by atoms with Crippen molar-refractivity contribution in [3.63, 3.8) is 0 Å². The Kier molecular flexibility index (Phi) is 4.42. The molecule has 1 rings (SSSR count). The molecule has 0 amide bonds. The van der Waals surface area contributed by atoms with E-state index in [1.807, 2.05) is 18.2 Å². The Balaban J connectivity index is 2.16. The third kappa shape index (κ3) is 3.51. The van der Waals surface area contributed by atoms with Crippen LogP contribution < -0.4 is 5.32 Å². The van der Waals surface area contributed by atoms with Crippen LogP contribution in [0.25, 0.3) is 0 Å². The number of rotatable bonds is 5. The minimum atomic E-state index is 0.0157. The van der Waals surface area contributed by atoms with E-state index in [1.165, 1.54) is 5.56 Å². The summed E-state index contributed by atoms with van der Waals surface area (Å²) in [4.78, 5) is 0. The van der Waals surface area contributed by atoms with Gasteiger partial charge in [-0.1, -0.05) is 30.3 Å². The number of benzene rings is 1. The number of hydrogen-bond acceptors (Lipinski definition) is 1. The van der Waals surface area contributed by atoms with E-state index in [9.17, 15) is 5.11 Å². The largest absolute Gasteiger partial charge is 0.313 e. The average molecular weight is 164 g/mol. The minimum Gasteiger partial charge on any atom is -0.313 e. The van der Waals surface area contributed by atoms with Crippen LogP contribution in [0, 0.1) is 0 Å². The fraction of sp³-hybridized carbons (Fsp3) is 0.400. The topological polar surface area (TPSA) is 31.9 Å². The Labute approximate surface area is 73.2 Å². The maximum absolute atomic E-state index is 10.1. The number of hydrogen-bond donors (Lipinski definition) is 1. The molecule has 0 spiro atoms. The highest BCUT2D eigenvalue weighted by Crippen LogP contribution is 1.96. The molecule has 0 aliphatic heterocycles. The first kappa shape index (κ1) is 9.23. The molecule has 2 nitrogen and oxygen atoms in total. The van der Waals surface area contributed by atoms with E-state index in [0.29, 0.717) is 6.42 Å². The second kappa shape index (κ2) is 5.75. The third-order valence-corrected chi connectivity index (χ3v) is 1.67. The molecule has 1 aromatic rings. The zero-order valence-electron chi connectivity index (χ0n) is 7.12. The smallest absolute Gasteiger partial charge is 0.0834 e. The molecule has 0 unspecified atom stereocenters. The molecule has 2 heteroatoms. The Morgan fingerprint density at radius 1 is 1.17 bits per heavy atom. The Morgan fingerprint density at radius 3 is 2.58 bits per heavy atom. The molecule has 12 heavy (non-hydrogen) atoms. The summed E-state index contributed by atoms with van der Waals surface area (Å²) in [6, 6.07) is 10.2. The SMILES string of the molecule is [O]CCCNCc1ccccc1. The van der Waals surface area contributed by atoms with E-state index in [-0.39, 0.29) is 6.61 Å². The van der Waals surface area contributed by atoms with Gasteiger partial charge in [-0.25, -0.2) is 5.11 Å². The molecular weight excluding hydrogens is 150 g/mol. The highest BCUT2D eigenvalue weighted by atomic mass is 16.3. The van der Waals surface area contributed by atoms with Crippen molar-refractivity contribution in [2.45, 2.75) is 13.0 Å². The van der Waals surface area contributed by atoms with Gasteiger partial charge in [0, 0.05) is 6.54 Å². The van der Waals surface area contributed by atoms with Crippen molar-refractivity contribution in [3.05, 3.63) is 35.9 Å². The van der Waals surface area contributed by atoms with E-state index >= 15 is 0 Å². The first-order chi connectivity index (χ1) is 5.93. The maximum Gasteiger partial charge on any atom is 0.0834 e. The van der Waals surface area contributed by atoms with Crippen molar-refractivity contribution in [3.8, 4) is 0 Å². The van der Waals surface area contributed by atoms with Gasteiger partial charge >= 0.3 is 0 Å². The van der Waals surface area contributed by atoms with Crippen LogP contribution in [0.3, 0.4) is 0 Å². The first-order valence-corrected chi connectivity index (χ1v) is 4.26. The second-order valence-electron chi connectivity index (χ2n) is 2.72. The fourth-order valence-corrected chi connectivity index (χ4v) is 1.03. The van der Waals surface area contributed by atoms with Gasteiger partial charge in [-0.15, -0.1) is 0 Å². The fourth-order valence-electron chi connectivity index (χ4n) is 1.03. The van der Waals surface area contributed by atoms with Gasteiger partial charge in [0.25, 0.3) is 0 Å². The van der Waals surface area contributed by atoms with E-state index in [1.54, 1.807) is 0 Å². The van der Waals surface area contributed by atoms with Crippen molar-refractivity contribution < 1.29 is 5.11 Å². The van der Waals surface area contributed by atoms with Crippen LogP contribution in [-0.2, 0) is 11.7 Å². The van der Waals surface area contributed by atoms with Gasteiger partial charge in [-0.05, 0) is 18.5 Å². The molecule has 0 aliphatic rings. The lowest BCUT2D eigenvalue weighted by molar-refractivity contribution is 0.188. The molecule has 0 aliphatic carbocycles. The summed E-state index contributed by atoms with van der Waals surface area (Å²) in [6.45, 7) is 1.70. The normalized spacial score (nSPS) is 10.1. The molecule has 0 saturated carbocycles. The van der Waals surface area contributed by atoms with Crippen LogP contribution in [0.2, 0.25) is 0 Å². The molecule has 0 bridgehead atoms. The van der Waals surface area contributed by atoms with E-state index < -0.39 is 0 Å². The lowest BCUT2D eigenvalue weighted by atomic mass is 10.2. The number of nitrogens with one attached hydrogen (secondary N) is 1. The Morgan fingerprint density at radius 2 is 1.92 bits per heavy atom. The zero-order valence-corrected chi connectivity index (χ0v) is 7.12. The molecule has 65 valence electrons. The van der Waals surface area contributed by atoms with Gasteiger partial charge in [-0.2, -0.15) is 0 Å². The van der Waals surface area contributed by atoms with Crippen LogP contribution in [-0.4, -0.2) is 13.2 Å². The monoisotopic (exact) mass is 164 g/mol. The standard InChI is InChI=1S/C10H14NO/c12-8-4-7-11-9-10-5-2-1-3-6-10/h1-3,5-6,11H,4,7-9H2. The second-order valence-corrected chi connectivity index (χ2v) is 2.72. The zero-order chi connectivity index (χ0) is 8.65. The van der Waals surface area contributed by atoms with Crippen molar-refractivity contribution in [1.82, 2.24) is 5.32 Å². The Bertz CT molecular complexity index is 198. The van der Waals surface area contributed by atoms with E-state index in [4.69, 9.17) is 0 Å². The highest BCUT2D eigenvalue weighted by Gasteiger charge is 1.89. The summed E-state index contributed by atoms with van der Waals surface area (Å²) in [5.41, 5.74) is 1.27. The molecule has 1 N–H and O–H groups in total. The molecule has 1 aromatic carbocycles. The maximum atomic E-state index is 10.1. The van der Waals surface area contributed by atoms with Gasteiger partial charge < -0.3 is 5.32 Å². The summed E-state index contributed by atoms with van der Waals surface area (Å²) in [7, 11) is 0. The van der Waals surface area contributed by atoms with Gasteiger partial charge in [-0.3, -0.25) is 0 Å². The Hall–Kier alpha value is -0.860. The summed E-state index contributed by atoms with van der Waals surface area (Å²) in [5, 5.41) is 13.3. The predicted molar refractivity (Wildman–Crippen MR) is 48.3 cm³/mol. The van der Waals surface area contributed by atoms with Crippen LogP contribution in [0.5, 0.6) is 0 Å². The molecule has 0 fully saturated rings. The average Bonchev–Trinajstić information content (AvgIpc) is 2.14. The third-order valence-electron chi connectivity index (χ3n) is 1.67. The van der Waals surface area contributed by atoms with Crippen LogP contribution >= 0.6 is 0 Å². The molecule has 1 radical (unpaired) electrons. The van der Waals surface area contributed by atoms with Crippen LogP contribution in [0.1, 0.15) is 12.0 Å². The van der Waals surface area contributed by atoms with Crippen molar-refractivity contribution >= 4 is 0 Å². The van der Waals surface area contributed by atoms with E-state index in [2.05, 4.69) is 17.4 Å². The molecule has 0 atom stereocenters.